The minimum atomic E-state index is -0.317. The van der Waals surface area contributed by atoms with E-state index in [1.54, 1.807) is 24.5 Å². The predicted octanol–water partition coefficient (Wildman–Crippen LogP) is 4.76. The molecule has 2 aliphatic rings. The summed E-state index contributed by atoms with van der Waals surface area (Å²) in [6, 6.07) is 12.5. The number of rotatable bonds is 9. The van der Waals surface area contributed by atoms with Crippen LogP contribution in [0, 0.1) is 17.1 Å². The molecule has 1 fully saturated rings. The van der Waals surface area contributed by atoms with Gasteiger partial charge in [0, 0.05) is 54.9 Å². The van der Waals surface area contributed by atoms with Crippen molar-refractivity contribution in [2.75, 3.05) is 17.2 Å². The number of aromatic nitrogens is 3. The molecule has 0 spiro atoms. The van der Waals surface area contributed by atoms with Gasteiger partial charge < -0.3 is 21.0 Å². The van der Waals surface area contributed by atoms with E-state index in [2.05, 4.69) is 47.6 Å². The summed E-state index contributed by atoms with van der Waals surface area (Å²) in [6.07, 6.45) is 9.99. The van der Waals surface area contributed by atoms with Crippen LogP contribution in [-0.4, -0.2) is 32.5 Å². The fourth-order valence-electron chi connectivity index (χ4n) is 4.56. The van der Waals surface area contributed by atoms with Gasteiger partial charge in [0.25, 0.3) is 0 Å². The Morgan fingerprint density at radius 2 is 2.05 bits per heavy atom. The van der Waals surface area contributed by atoms with Gasteiger partial charge >= 0.3 is 0 Å². The Kier molecular flexibility index (Phi) is 6.45. The standard InChI is InChI=1S/C27H25ClFN9/c28-22-12-19(11-21-25(17(13-30)14-34-27(21)22)33-8-7-24-31-9-10-32-24)35-26(16-1-3-18(29)4-2-16)23-15-38(37-36-23)20-5-6-20/h1-4,9-12,14-15,20,26,35-37H,5-8H2,(H,31,32)(H,33,34). The fourth-order valence-corrected chi connectivity index (χ4v) is 4.83. The average molecular weight is 530 g/mol. The number of hydrazine groups is 2. The van der Waals surface area contributed by atoms with Crippen LogP contribution in [0.2, 0.25) is 5.02 Å². The SMILES string of the molecule is N#Cc1cnc2c(Cl)cc(NC(C3=CN(C4CC4)NN3)c3ccc(F)cc3)cc2c1NCCc1ncc[nH]1. The van der Waals surface area contributed by atoms with Crippen LogP contribution < -0.4 is 21.6 Å². The predicted molar refractivity (Wildman–Crippen MR) is 144 cm³/mol. The molecule has 5 N–H and O–H groups in total. The zero-order valence-corrected chi connectivity index (χ0v) is 21.1. The zero-order chi connectivity index (χ0) is 26.1. The second-order valence-corrected chi connectivity index (χ2v) is 9.72. The van der Waals surface area contributed by atoms with Crippen LogP contribution in [-0.2, 0) is 6.42 Å². The van der Waals surface area contributed by atoms with Crippen LogP contribution in [0.3, 0.4) is 0 Å². The first kappa shape index (κ1) is 24.0. The summed E-state index contributed by atoms with van der Waals surface area (Å²) in [4.78, 5) is 11.8. The van der Waals surface area contributed by atoms with Gasteiger partial charge in [-0.05, 0) is 42.7 Å². The maximum atomic E-state index is 13.7. The molecule has 1 unspecified atom stereocenters. The molecule has 1 atom stereocenters. The smallest absolute Gasteiger partial charge is 0.123 e. The van der Waals surface area contributed by atoms with E-state index in [0.717, 1.165) is 41.0 Å². The van der Waals surface area contributed by atoms with E-state index in [1.807, 2.05) is 18.3 Å². The van der Waals surface area contributed by atoms with Crippen molar-refractivity contribution in [1.82, 2.24) is 30.9 Å². The van der Waals surface area contributed by atoms with Gasteiger partial charge in [-0.3, -0.25) is 9.99 Å². The number of fused-ring (bicyclic) bond motifs is 1. The van der Waals surface area contributed by atoms with Crippen molar-refractivity contribution in [3.8, 4) is 6.07 Å². The molecule has 0 saturated heterocycles. The number of halogens is 2. The summed E-state index contributed by atoms with van der Waals surface area (Å²) in [5.74, 6) is 0.552. The molecule has 38 heavy (non-hydrogen) atoms. The van der Waals surface area contributed by atoms with Gasteiger partial charge in [-0.2, -0.15) is 5.26 Å². The molecule has 6 rings (SSSR count). The number of nitriles is 1. The molecule has 0 amide bonds. The highest BCUT2D eigenvalue weighted by atomic mass is 35.5. The second kappa shape index (κ2) is 10.2. The van der Waals surface area contributed by atoms with Crippen molar-refractivity contribution < 1.29 is 4.39 Å². The van der Waals surface area contributed by atoms with Crippen molar-refractivity contribution in [2.45, 2.75) is 31.3 Å². The number of anilines is 2. The summed E-state index contributed by atoms with van der Waals surface area (Å²) in [7, 11) is 0. The Bertz CT molecular complexity index is 1530. The largest absolute Gasteiger partial charge is 0.383 e. The van der Waals surface area contributed by atoms with Gasteiger partial charge in [0.2, 0.25) is 0 Å². The topological polar surface area (TPSA) is 117 Å². The summed E-state index contributed by atoms with van der Waals surface area (Å²) < 4.78 is 13.7. The minimum Gasteiger partial charge on any atom is -0.383 e. The van der Waals surface area contributed by atoms with Crippen LogP contribution in [0.4, 0.5) is 15.8 Å². The van der Waals surface area contributed by atoms with Gasteiger partial charge in [-0.15, -0.1) is 5.53 Å². The normalized spacial score (nSPS) is 15.6. The lowest BCUT2D eigenvalue weighted by Crippen LogP contribution is -2.38. The Labute approximate surface area is 223 Å². The van der Waals surface area contributed by atoms with E-state index in [9.17, 15) is 9.65 Å². The van der Waals surface area contributed by atoms with Gasteiger partial charge in [0.05, 0.1) is 33.5 Å². The van der Waals surface area contributed by atoms with Crippen LogP contribution in [0.5, 0.6) is 0 Å². The van der Waals surface area contributed by atoms with Crippen molar-refractivity contribution in [3.63, 3.8) is 0 Å². The molecular formula is C27H25ClFN9. The van der Waals surface area contributed by atoms with E-state index < -0.39 is 0 Å². The maximum absolute atomic E-state index is 13.7. The summed E-state index contributed by atoms with van der Waals surface area (Å²) in [5, 5.41) is 20.0. The first-order chi connectivity index (χ1) is 18.6. The second-order valence-electron chi connectivity index (χ2n) is 9.31. The van der Waals surface area contributed by atoms with Gasteiger partial charge in [-0.1, -0.05) is 23.7 Å². The van der Waals surface area contributed by atoms with E-state index in [-0.39, 0.29) is 11.9 Å². The van der Waals surface area contributed by atoms with Crippen LogP contribution in [0.1, 0.15) is 35.8 Å². The van der Waals surface area contributed by atoms with Crippen molar-refractivity contribution in [1.29, 1.82) is 5.26 Å². The fraction of sp³-hybridized carbons (Fsp3) is 0.222. The zero-order valence-electron chi connectivity index (χ0n) is 20.3. The Morgan fingerprint density at radius 1 is 1.21 bits per heavy atom. The minimum absolute atomic E-state index is 0.298. The lowest BCUT2D eigenvalue weighted by atomic mass is 10.0. The number of hydrogen-bond donors (Lipinski definition) is 5. The van der Waals surface area contributed by atoms with Crippen LogP contribution in [0.25, 0.3) is 10.9 Å². The third-order valence-electron chi connectivity index (χ3n) is 6.64. The Hall–Kier alpha value is -4.33. The monoisotopic (exact) mass is 529 g/mol. The van der Waals surface area contributed by atoms with Crippen LogP contribution in [0.15, 0.2) is 66.9 Å². The van der Waals surface area contributed by atoms with E-state index in [1.165, 1.54) is 18.3 Å². The van der Waals surface area contributed by atoms with Crippen molar-refractivity contribution >= 4 is 33.9 Å². The first-order valence-corrected chi connectivity index (χ1v) is 12.7. The lowest BCUT2D eigenvalue weighted by molar-refractivity contribution is 0.260. The highest BCUT2D eigenvalue weighted by Crippen LogP contribution is 2.36. The third kappa shape index (κ3) is 4.94. The Balaban J connectivity index is 1.35. The van der Waals surface area contributed by atoms with E-state index >= 15 is 0 Å². The molecule has 3 heterocycles. The quantitative estimate of drug-likeness (QED) is 0.211. The molecule has 192 valence electrons. The van der Waals surface area contributed by atoms with Gasteiger partial charge in [-0.25, -0.2) is 9.37 Å². The molecular weight excluding hydrogens is 505 g/mol. The molecule has 0 bridgehead atoms. The number of nitrogens with zero attached hydrogens (tertiary/aromatic N) is 4. The highest BCUT2D eigenvalue weighted by molar-refractivity contribution is 6.35. The third-order valence-corrected chi connectivity index (χ3v) is 6.92. The molecule has 2 aromatic heterocycles. The summed E-state index contributed by atoms with van der Waals surface area (Å²) in [6.45, 7) is 0.564. The number of imidazole rings is 1. The van der Waals surface area contributed by atoms with E-state index in [4.69, 9.17) is 11.6 Å². The maximum Gasteiger partial charge on any atom is 0.123 e. The Morgan fingerprint density at radius 3 is 2.79 bits per heavy atom. The van der Waals surface area contributed by atoms with Crippen molar-refractivity contribution in [2.24, 2.45) is 0 Å². The number of hydrogen-bond acceptors (Lipinski definition) is 8. The number of H-pyrrole nitrogens is 1. The van der Waals surface area contributed by atoms with E-state index in [0.29, 0.717) is 40.8 Å². The first-order valence-electron chi connectivity index (χ1n) is 12.4. The average Bonchev–Trinajstić information content (AvgIpc) is 3.42. The number of nitrogens with one attached hydrogen (secondary N) is 5. The highest BCUT2D eigenvalue weighted by Gasteiger charge is 2.32. The number of pyridine rings is 1. The van der Waals surface area contributed by atoms with Crippen molar-refractivity contribution in [3.05, 3.63) is 94.7 Å². The van der Waals surface area contributed by atoms with Crippen LogP contribution >= 0.6 is 11.6 Å². The molecule has 1 saturated carbocycles. The molecule has 4 aromatic rings. The summed E-state index contributed by atoms with van der Waals surface area (Å²) >= 11 is 6.70. The van der Waals surface area contributed by atoms with Gasteiger partial charge in [0.1, 0.15) is 17.7 Å². The lowest BCUT2D eigenvalue weighted by Gasteiger charge is -2.22. The molecule has 1 aliphatic carbocycles. The molecule has 2 aromatic carbocycles. The number of aromatic amines is 1. The molecule has 0 radical (unpaired) electrons. The molecule has 9 nitrogen and oxygen atoms in total. The molecule has 1 aliphatic heterocycles. The number of benzene rings is 2. The van der Waals surface area contributed by atoms with Gasteiger partial charge in [0.15, 0.2) is 0 Å². The molecule has 11 heteroatoms. The summed E-state index contributed by atoms with van der Waals surface area (Å²) in [5.41, 5.74) is 10.6.